The van der Waals surface area contributed by atoms with Crippen molar-refractivity contribution < 1.29 is 19.1 Å². The summed E-state index contributed by atoms with van der Waals surface area (Å²) in [5.74, 6) is -2.05. The van der Waals surface area contributed by atoms with E-state index in [1.165, 1.54) is 12.1 Å². The van der Waals surface area contributed by atoms with Crippen LogP contribution in [0.3, 0.4) is 0 Å². The molecule has 0 fully saturated rings. The standard InChI is InChI=1S/C13H15BrFNO3S/c1-7(2)12(13(18)19)20-6-11(17)16-10-4-3-8(14)5-9(10)15/h3-5,7,12H,6H2,1-2H3,(H,16,17)(H,18,19). The van der Waals surface area contributed by atoms with Crippen LogP contribution in [-0.2, 0) is 9.59 Å². The molecule has 1 amide bonds. The largest absolute Gasteiger partial charge is 0.480 e. The summed E-state index contributed by atoms with van der Waals surface area (Å²) in [6, 6.07) is 4.30. The Morgan fingerprint density at radius 2 is 2.10 bits per heavy atom. The number of rotatable bonds is 6. The van der Waals surface area contributed by atoms with Gasteiger partial charge in [-0.25, -0.2) is 4.39 Å². The van der Waals surface area contributed by atoms with Gasteiger partial charge in [0.2, 0.25) is 5.91 Å². The second kappa shape index (κ2) is 7.64. The Morgan fingerprint density at radius 3 is 2.60 bits per heavy atom. The summed E-state index contributed by atoms with van der Waals surface area (Å²) >= 11 is 4.15. The Labute approximate surface area is 129 Å². The van der Waals surface area contributed by atoms with Crippen molar-refractivity contribution in [3.63, 3.8) is 0 Å². The molecule has 0 aromatic heterocycles. The summed E-state index contributed by atoms with van der Waals surface area (Å²) in [5, 5.41) is 10.8. The first-order valence-corrected chi connectivity index (χ1v) is 7.74. The molecule has 0 saturated carbocycles. The minimum absolute atomic E-state index is 0.0371. The number of carboxylic acid groups (broad SMARTS) is 1. The molecule has 0 spiro atoms. The van der Waals surface area contributed by atoms with Crippen LogP contribution < -0.4 is 5.32 Å². The maximum atomic E-state index is 13.5. The van der Waals surface area contributed by atoms with Gasteiger partial charge in [0.25, 0.3) is 0 Å². The van der Waals surface area contributed by atoms with Crippen LogP contribution >= 0.6 is 27.7 Å². The first kappa shape index (κ1) is 17.0. The molecular formula is C13H15BrFNO3S. The normalized spacial score (nSPS) is 12.2. The third-order valence-corrected chi connectivity index (χ3v) is 4.48. The van der Waals surface area contributed by atoms with Gasteiger partial charge in [0.05, 0.1) is 11.4 Å². The van der Waals surface area contributed by atoms with Gasteiger partial charge in [0, 0.05) is 4.47 Å². The van der Waals surface area contributed by atoms with Crippen LogP contribution in [0.5, 0.6) is 0 Å². The van der Waals surface area contributed by atoms with Gasteiger partial charge in [-0.05, 0) is 24.1 Å². The third-order valence-electron chi connectivity index (χ3n) is 2.45. The van der Waals surface area contributed by atoms with Crippen molar-refractivity contribution in [3.05, 3.63) is 28.5 Å². The molecular weight excluding hydrogens is 349 g/mol. The van der Waals surface area contributed by atoms with Gasteiger partial charge in [-0.15, -0.1) is 11.8 Å². The van der Waals surface area contributed by atoms with E-state index >= 15 is 0 Å². The highest BCUT2D eigenvalue weighted by Crippen LogP contribution is 2.22. The van der Waals surface area contributed by atoms with Crippen molar-refractivity contribution in [2.24, 2.45) is 5.92 Å². The summed E-state index contributed by atoms with van der Waals surface area (Å²) in [6.45, 7) is 3.55. The van der Waals surface area contributed by atoms with Gasteiger partial charge in [-0.3, -0.25) is 9.59 Å². The number of anilines is 1. The molecule has 0 bridgehead atoms. The van der Waals surface area contributed by atoms with Crippen LogP contribution in [-0.4, -0.2) is 28.0 Å². The van der Waals surface area contributed by atoms with E-state index in [2.05, 4.69) is 21.2 Å². The average Bonchev–Trinajstić information content (AvgIpc) is 2.32. The molecule has 0 saturated heterocycles. The number of halogens is 2. The lowest BCUT2D eigenvalue weighted by molar-refractivity contribution is -0.137. The number of nitrogens with one attached hydrogen (secondary N) is 1. The van der Waals surface area contributed by atoms with Crippen molar-refractivity contribution in [3.8, 4) is 0 Å². The second-order valence-electron chi connectivity index (χ2n) is 4.49. The van der Waals surface area contributed by atoms with Gasteiger partial charge < -0.3 is 10.4 Å². The van der Waals surface area contributed by atoms with Gasteiger partial charge in [-0.2, -0.15) is 0 Å². The number of hydrogen-bond acceptors (Lipinski definition) is 3. The first-order chi connectivity index (χ1) is 9.31. The minimum atomic E-state index is -0.951. The average molecular weight is 364 g/mol. The fourth-order valence-corrected chi connectivity index (χ4v) is 2.76. The number of hydrogen-bond donors (Lipinski definition) is 2. The number of amides is 1. The quantitative estimate of drug-likeness (QED) is 0.812. The fraction of sp³-hybridized carbons (Fsp3) is 0.385. The maximum absolute atomic E-state index is 13.5. The predicted molar refractivity (Wildman–Crippen MR) is 81.4 cm³/mol. The van der Waals surface area contributed by atoms with Crippen molar-refractivity contribution >= 4 is 45.3 Å². The van der Waals surface area contributed by atoms with Gasteiger partial charge in [0.15, 0.2) is 0 Å². The molecule has 0 radical (unpaired) electrons. The predicted octanol–water partition coefficient (Wildman–Crippen LogP) is 3.37. The van der Waals surface area contributed by atoms with E-state index in [9.17, 15) is 14.0 Å². The lowest BCUT2D eigenvalue weighted by atomic mass is 10.1. The topological polar surface area (TPSA) is 66.4 Å². The van der Waals surface area contributed by atoms with Crippen molar-refractivity contribution in [1.29, 1.82) is 0 Å². The summed E-state index contributed by atoms with van der Waals surface area (Å²) in [4.78, 5) is 22.7. The van der Waals surface area contributed by atoms with Crippen molar-refractivity contribution in [1.82, 2.24) is 0 Å². The zero-order valence-corrected chi connectivity index (χ0v) is 13.4. The molecule has 1 rings (SSSR count). The number of benzene rings is 1. The Balaban J connectivity index is 2.57. The zero-order chi connectivity index (χ0) is 15.3. The Hall–Kier alpha value is -1.08. The van der Waals surface area contributed by atoms with E-state index in [1.807, 2.05) is 0 Å². The van der Waals surface area contributed by atoms with Crippen LogP contribution in [0.15, 0.2) is 22.7 Å². The highest BCUT2D eigenvalue weighted by molar-refractivity contribution is 9.10. The highest BCUT2D eigenvalue weighted by Gasteiger charge is 2.23. The Morgan fingerprint density at radius 1 is 1.45 bits per heavy atom. The first-order valence-electron chi connectivity index (χ1n) is 5.90. The minimum Gasteiger partial charge on any atom is -0.480 e. The lowest BCUT2D eigenvalue weighted by Crippen LogP contribution is -2.25. The number of carboxylic acids is 1. The van der Waals surface area contributed by atoms with Crippen LogP contribution in [0.1, 0.15) is 13.8 Å². The molecule has 1 unspecified atom stereocenters. The molecule has 20 heavy (non-hydrogen) atoms. The summed E-state index contributed by atoms with van der Waals surface area (Å²) in [7, 11) is 0. The fourth-order valence-electron chi connectivity index (χ4n) is 1.49. The van der Waals surface area contributed by atoms with Crippen molar-refractivity contribution in [2.45, 2.75) is 19.1 Å². The summed E-state index contributed by atoms with van der Waals surface area (Å²) in [6.07, 6.45) is 0. The molecule has 1 aromatic rings. The summed E-state index contributed by atoms with van der Waals surface area (Å²) < 4.78 is 14.1. The van der Waals surface area contributed by atoms with E-state index in [4.69, 9.17) is 5.11 Å². The molecule has 0 aliphatic heterocycles. The van der Waals surface area contributed by atoms with E-state index in [0.717, 1.165) is 11.8 Å². The zero-order valence-electron chi connectivity index (χ0n) is 11.0. The van der Waals surface area contributed by atoms with Gasteiger partial charge >= 0.3 is 5.97 Å². The second-order valence-corrected chi connectivity index (χ2v) is 6.53. The molecule has 110 valence electrons. The molecule has 1 aromatic carbocycles. The number of carbonyl (C=O) groups is 2. The van der Waals surface area contributed by atoms with E-state index in [-0.39, 0.29) is 17.4 Å². The molecule has 0 aliphatic rings. The molecule has 1 atom stereocenters. The highest BCUT2D eigenvalue weighted by atomic mass is 79.9. The van der Waals surface area contributed by atoms with E-state index in [0.29, 0.717) is 4.47 Å². The van der Waals surface area contributed by atoms with E-state index in [1.54, 1.807) is 19.9 Å². The van der Waals surface area contributed by atoms with Crippen LogP contribution in [0.2, 0.25) is 0 Å². The third kappa shape index (κ3) is 5.13. The van der Waals surface area contributed by atoms with Gasteiger partial charge in [0.1, 0.15) is 11.1 Å². The lowest BCUT2D eigenvalue weighted by Gasteiger charge is -2.15. The maximum Gasteiger partial charge on any atom is 0.316 e. The smallest absolute Gasteiger partial charge is 0.316 e. The molecule has 4 nitrogen and oxygen atoms in total. The molecule has 2 N–H and O–H groups in total. The van der Waals surface area contributed by atoms with Crippen LogP contribution in [0.4, 0.5) is 10.1 Å². The SMILES string of the molecule is CC(C)C(SCC(=O)Nc1ccc(Br)cc1F)C(=O)O. The van der Waals surface area contributed by atoms with Gasteiger partial charge in [-0.1, -0.05) is 29.8 Å². The molecule has 0 heterocycles. The summed E-state index contributed by atoms with van der Waals surface area (Å²) in [5.41, 5.74) is 0.0789. The molecule has 7 heteroatoms. The Bertz CT molecular complexity index is 510. The van der Waals surface area contributed by atoms with Crippen molar-refractivity contribution in [2.75, 3.05) is 11.1 Å². The monoisotopic (exact) mass is 363 g/mol. The number of thioether (sulfide) groups is 1. The number of aliphatic carboxylic acids is 1. The van der Waals surface area contributed by atoms with Crippen LogP contribution in [0.25, 0.3) is 0 Å². The molecule has 0 aliphatic carbocycles. The Kier molecular flexibility index (Phi) is 6.48. The number of carbonyl (C=O) groups excluding carboxylic acids is 1. The van der Waals surface area contributed by atoms with E-state index < -0.39 is 22.9 Å². The van der Waals surface area contributed by atoms with Crippen LogP contribution in [0, 0.1) is 11.7 Å².